The third-order valence-electron chi connectivity index (χ3n) is 8.57. The molecular formula is C28H30N2O5. The first-order chi connectivity index (χ1) is 17.0. The van der Waals surface area contributed by atoms with Crippen molar-refractivity contribution in [3.8, 4) is 11.1 Å². The Bertz CT molecular complexity index is 1150. The van der Waals surface area contributed by atoms with Gasteiger partial charge in [-0.25, -0.2) is 4.79 Å². The molecule has 3 fully saturated rings. The van der Waals surface area contributed by atoms with Gasteiger partial charge in [0.2, 0.25) is 5.91 Å². The number of fused-ring (bicyclic) bond motifs is 4. The van der Waals surface area contributed by atoms with Gasteiger partial charge in [0, 0.05) is 31.0 Å². The Kier molecular flexibility index (Phi) is 5.31. The maximum atomic E-state index is 13.1. The summed E-state index contributed by atoms with van der Waals surface area (Å²) in [6, 6.07) is 16.4. The predicted octanol–water partition coefficient (Wildman–Crippen LogP) is 4.02. The number of nitrogens with one attached hydrogen (secondary N) is 1. The Morgan fingerprint density at radius 2 is 1.71 bits per heavy atom. The summed E-state index contributed by atoms with van der Waals surface area (Å²) in [6.45, 7) is 1.14. The standard InChI is InChI=1S/C28H30N2O5/c31-25(30-14-18-13-28(18,16-30)26(32)33)17-6-5-7-19(12-17)29-27(34)35-15-24-22-10-3-1-8-20(22)21-9-2-4-11-23(21)24/h1-4,8-11,17-19,24H,5-7,12-16H2,(H,29,34)(H,32,33)/t17-,18?,19-,28?/m1/s1. The highest BCUT2D eigenvalue weighted by Gasteiger charge is 2.66. The molecule has 0 bridgehead atoms. The van der Waals surface area contributed by atoms with Crippen LogP contribution < -0.4 is 5.32 Å². The molecule has 2 saturated carbocycles. The first kappa shape index (κ1) is 22.1. The molecule has 1 heterocycles. The number of carboxylic acid groups (broad SMARTS) is 1. The van der Waals surface area contributed by atoms with Crippen molar-refractivity contribution in [1.29, 1.82) is 0 Å². The number of ether oxygens (including phenoxy) is 1. The number of likely N-dealkylation sites (tertiary alicyclic amines) is 1. The molecule has 1 aliphatic heterocycles. The molecule has 2 amide bonds. The molecule has 3 aliphatic carbocycles. The molecule has 1 saturated heterocycles. The van der Waals surface area contributed by atoms with E-state index in [1.807, 2.05) is 24.3 Å². The fourth-order valence-corrected chi connectivity index (χ4v) is 6.59. The number of aliphatic carboxylic acids is 1. The van der Waals surface area contributed by atoms with Gasteiger partial charge in [-0.2, -0.15) is 0 Å². The molecule has 0 aromatic heterocycles. The minimum Gasteiger partial charge on any atom is -0.481 e. The fourth-order valence-electron chi connectivity index (χ4n) is 6.59. The molecule has 0 radical (unpaired) electrons. The average molecular weight is 475 g/mol. The summed E-state index contributed by atoms with van der Waals surface area (Å²) >= 11 is 0. The number of hydrogen-bond donors (Lipinski definition) is 2. The van der Waals surface area contributed by atoms with E-state index in [0.29, 0.717) is 25.9 Å². The van der Waals surface area contributed by atoms with E-state index in [1.54, 1.807) is 4.90 Å². The lowest BCUT2D eigenvalue weighted by Crippen LogP contribution is -2.44. The zero-order valence-electron chi connectivity index (χ0n) is 19.6. The van der Waals surface area contributed by atoms with E-state index in [4.69, 9.17) is 4.74 Å². The lowest BCUT2D eigenvalue weighted by Gasteiger charge is -2.32. The van der Waals surface area contributed by atoms with Gasteiger partial charge in [-0.1, -0.05) is 55.0 Å². The highest BCUT2D eigenvalue weighted by atomic mass is 16.5. The second kappa shape index (κ2) is 8.40. The average Bonchev–Trinajstić information content (AvgIpc) is 3.30. The molecule has 7 heteroatoms. The Balaban J connectivity index is 1.04. The molecule has 35 heavy (non-hydrogen) atoms. The summed E-state index contributed by atoms with van der Waals surface area (Å²) in [6.07, 6.45) is 3.26. The largest absolute Gasteiger partial charge is 0.481 e. The smallest absolute Gasteiger partial charge is 0.407 e. The van der Waals surface area contributed by atoms with E-state index in [-0.39, 0.29) is 36.3 Å². The summed E-state index contributed by atoms with van der Waals surface area (Å²) in [7, 11) is 0. The molecule has 2 aromatic carbocycles. The number of benzene rings is 2. The maximum Gasteiger partial charge on any atom is 0.407 e. The van der Waals surface area contributed by atoms with E-state index >= 15 is 0 Å². The number of rotatable bonds is 5. The molecule has 6 rings (SSSR count). The number of carbonyl (C=O) groups is 3. The second-order valence-corrected chi connectivity index (χ2v) is 10.6. The van der Waals surface area contributed by atoms with E-state index in [2.05, 4.69) is 29.6 Å². The first-order valence-corrected chi connectivity index (χ1v) is 12.6. The van der Waals surface area contributed by atoms with E-state index in [9.17, 15) is 19.5 Å². The Hall–Kier alpha value is -3.35. The van der Waals surface area contributed by atoms with Crippen molar-refractivity contribution in [2.45, 2.75) is 44.1 Å². The minimum atomic E-state index is -0.781. The maximum absolute atomic E-state index is 13.1. The molecule has 2 unspecified atom stereocenters. The van der Waals surface area contributed by atoms with Gasteiger partial charge in [-0.15, -0.1) is 0 Å². The van der Waals surface area contributed by atoms with Crippen LogP contribution in [0.25, 0.3) is 11.1 Å². The number of alkyl carbamates (subject to hydrolysis) is 1. The number of carbonyl (C=O) groups excluding carboxylic acids is 2. The summed E-state index contributed by atoms with van der Waals surface area (Å²) in [5, 5.41) is 12.5. The van der Waals surface area contributed by atoms with Gasteiger partial charge in [0.25, 0.3) is 0 Å². The van der Waals surface area contributed by atoms with Crippen LogP contribution >= 0.6 is 0 Å². The van der Waals surface area contributed by atoms with Crippen LogP contribution in [0.1, 0.15) is 49.1 Å². The van der Waals surface area contributed by atoms with Crippen LogP contribution in [-0.4, -0.2) is 53.7 Å². The van der Waals surface area contributed by atoms with Crippen LogP contribution in [0.5, 0.6) is 0 Å². The van der Waals surface area contributed by atoms with Crippen LogP contribution in [-0.2, 0) is 14.3 Å². The number of nitrogens with zero attached hydrogens (tertiary/aromatic N) is 1. The summed E-state index contributed by atoms with van der Waals surface area (Å²) in [4.78, 5) is 39.1. The third-order valence-corrected chi connectivity index (χ3v) is 8.57. The molecule has 4 atom stereocenters. The molecule has 7 nitrogen and oxygen atoms in total. The van der Waals surface area contributed by atoms with Crippen molar-refractivity contribution >= 4 is 18.0 Å². The second-order valence-electron chi connectivity index (χ2n) is 10.6. The number of hydrogen-bond acceptors (Lipinski definition) is 4. The van der Waals surface area contributed by atoms with Crippen molar-refractivity contribution in [2.24, 2.45) is 17.3 Å². The van der Waals surface area contributed by atoms with E-state index in [0.717, 1.165) is 19.3 Å². The van der Waals surface area contributed by atoms with Gasteiger partial charge < -0.3 is 20.1 Å². The van der Waals surface area contributed by atoms with Crippen molar-refractivity contribution < 1.29 is 24.2 Å². The van der Waals surface area contributed by atoms with Crippen molar-refractivity contribution in [2.75, 3.05) is 19.7 Å². The quantitative estimate of drug-likeness (QED) is 0.683. The van der Waals surface area contributed by atoms with E-state index in [1.165, 1.54) is 22.3 Å². The van der Waals surface area contributed by atoms with E-state index < -0.39 is 17.5 Å². The van der Waals surface area contributed by atoms with Crippen LogP contribution in [0, 0.1) is 17.3 Å². The van der Waals surface area contributed by atoms with Crippen molar-refractivity contribution in [3.63, 3.8) is 0 Å². The summed E-state index contributed by atoms with van der Waals surface area (Å²) in [5.74, 6) is -0.807. The summed E-state index contributed by atoms with van der Waals surface area (Å²) in [5.41, 5.74) is 4.02. The molecular weight excluding hydrogens is 444 g/mol. The Morgan fingerprint density at radius 1 is 1.03 bits per heavy atom. The zero-order valence-corrected chi connectivity index (χ0v) is 19.6. The number of carboxylic acids is 1. The highest BCUT2D eigenvalue weighted by molar-refractivity contribution is 5.85. The molecule has 0 spiro atoms. The highest BCUT2D eigenvalue weighted by Crippen LogP contribution is 2.58. The normalized spacial score (nSPS) is 28.6. The lowest BCUT2D eigenvalue weighted by molar-refractivity contribution is -0.144. The minimum absolute atomic E-state index is 0.0111. The van der Waals surface area contributed by atoms with Gasteiger partial charge in [-0.05, 0) is 53.9 Å². The first-order valence-electron chi connectivity index (χ1n) is 12.6. The van der Waals surface area contributed by atoms with Gasteiger partial charge in [0.15, 0.2) is 0 Å². The van der Waals surface area contributed by atoms with Crippen LogP contribution in [0.15, 0.2) is 48.5 Å². The van der Waals surface area contributed by atoms with Crippen molar-refractivity contribution in [1.82, 2.24) is 10.2 Å². The SMILES string of the molecule is O=C(N[C@@H]1CCC[C@@H](C(=O)N2CC3CC3(C(=O)O)C2)C1)OCC1c2ccccc2-c2ccccc21. The monoisotopic (exact) mass is 474 g/mol. The Labute approximate surface area is 204 Å². The predicted molar refractivity (Wildman–Crippen MR) is 129 cm³/mol. The van der Waals surface area contributed by atoms with Gasteiger partial charge in [-0.3, -0.25) is 9.59 Å². The fraction of sp³-hybridized carbons (Fsp3) is 0.464. The Morgan fingerprint density at radius 3 is 2.37 bits per heavy atom. The van der Waals surface area contributed by atoms with Crippen LogP contribution in [0.4, 0.5) is 4.79 Å². The van der Waals surface area contributed by atoms with Crippen LogP contribution in [0.2, 0.25) is 0 Å². The van der Waals surface area contributed by atoms with Crippen LogP contribution in [0.3, 0.4) is 0 Å². The lowest BCUT2D eigenvalue weighted by atomic mass is 9.84. The molecule has 2 N–H and O–H groups in total. The molecule has 4 aliphatic rings. The zero-order chi connectivity index (χ0) is 24.2. The third kappa shape index (κ3) is 3.77. The van der Waals surface area contributed by atoms with Crippen molar-refractivity contribution in [3.05, 3.63) is 59.7 Å². The number of amides is 2. The summed E-state index contributed by atoms with van der Waals surface area (Å²) < 4.78 is 5.69. The topological polar surface area (TPSA) is 95.9 Å². The molecule has 2 aromatic rings. The van der Waals surface area contributed by atoms with Gasteiger partial charge in [0.1, 0.15) is 6.61 Å². The molecule has 182 valence electrons. The van der Waals surface area contributed by atoms with Gasteiger partial charge in [0.05, 0.1) is 5.41 Å². The number of piperidine rings is 1. The van der Waals surface area contributed by atoms with Gasteiger partial charge >= 0.3 is 12.1 Å².